The van der Waals surface area contributed by atoms with E-state index in [9.17, 15) is 0 Å². The fourth-order valence-electron chi connectivity index (χ4n) is 3.05. The van der Waals surface area contributed by atoms with Gasteiger partial charge in [0.1, 0.15) is 17.6 Å². The van der Waals surface area contributed by atoms with E-state index >= 15 is 0 Å². The predicted molar refractivity (Wildman–Crippen MR) is 97.4 cm³/mol. The first-order valence-electron chi connectivity index (χ1n) is 7.51. The van der Waals surface area contributed by atoms with Crippen LogP contribution >= 0.6 is 11.3 Å². The summed E-state index contributed by atoms with van der Waals surface area (Å²) < 4.78 is 8.39. The summed E-state index contributed by atoms with van der Waals surface area (Å²) in [7, 11) is 1.69. The highest BCUT2D eigenvalue weighted by Gasteiger charge is 2.19. The Balaban J connectivity index is 2.06. The molecule has 0 aliphatic rings. The smallest absolute Gasteiger partial charge is 0.152 e. The van der Waals surface area contributed by atoms with Crippen molar-refractivity contribution >= 4 is 32.8 Å². The van der Waals surface area contributed by atoms with Crippen molar-refractivity contribution in [3.05, 3.63) is 41.9 Å². The highest BCUT2D eigenvalue weighted by atomic mass is 32.1. The Hall–Kier alpha value is -2.64. The fourth-order valence-corrected chi connectivity index (χ4v) is 4.27. The molecule has 3 heterocycles. The fraction of sp³-hybridized carbons (Fsp3) is 0.176. The number of aryl methyl sites for hydroxylation is 1. The summed E-state index contributed by atoms with van der Waals surface area (Å²) in [5.74, 6) is 1.32. The van der Waals surface area contributed by atoms with E-state index in [4.69, 9.17) is 16.2 Å². The molecule has 0 amide bonds. The van der Waals surface area contributed by atoms with E-state index in [0.29, 0.717) is 12.4 Å². The SMILES string of the molecule is COc1cc(C)cc2cc(-c3c(CN)cn4ncnc(N)c34)sc12. The third kappa shape index (κ3) is 2.13. The van der Waals surface area contributed by atoms with Gasteiger partial charge in [-0.2, -0.15) is 5.10 Å². The molecule has 0 saturated heterocycles. The predicted octanol–water partition coefficient (Wildman–Crippen LogP) is 2.97. The van der Waals surface area contributed by atoms with E-state index in [1.54, 1.807) is 23.0 Å². The van der Waals surface area contributed by atoms with Crippen LogP contribution in [0.3, 0.4) is 0 Å². The lowest BCUT2D eigenvalue weighted by atomic mass is 10.1. The van der Waals surface area contributed by atoms with Gasteiger partial charge in [-0.15, -0.1) is 11.3 Å². The number of rotatable bonds is 3. The maximum Gasteiger partial charge on any atom is 0.152 e. The Morgan fingerprint density at radius 1 is 1.29 bits per heavy atom. The maximum atomic E-state index is 6.10. The van der Waals surface area contributed by atoms with Gasteiger partial charge >= 0.3 is 0 Å². The molecule has 0 saturated carbocycles. The summed E-state index contributed by atoms with van der Waals surface area (Å²) in [6.45, 7) is 2.47. The average Bonchev–Trinajstić information content (AvgIpc) is 3.15. The molecule has 7 heteroatoms. The van der Waals surface area contributed by atoms with Crippen LogP contribution < -0.4 is 16.2 Å². The molecule has 6 nitrogen and oxygen atoms in total. The van der Waals surface area contributed by atoms with Crippen molar-refractivity contribution in [3.8, 4) is 16.2 Å². The van der Waals surface area contributed by atoms with Gasteiger partial charge in [-0.05, 0) is 35.6 Å². The molecule has 24 heavy (non-hydrogen) atoms. The first-order valence-corrected chi connectivity index (χ1v) is 8.33. The lowest BCUT2D eigenvalue weighted by molar-refractivity contribution is 0.420. The van der Waals surface area contributed by atoms with E-state index < -0.39 is 0 Å². The Morgan fingerprint density at radius 3 is 2.88 bits per heavy atom. The molecule has 3 aromatic heterocycles. The number of hydrogen-bond donors (Lipinski definition) is 2. The van der Waals surface area contributed by atoms with Crippen LogP contribution in [0.15, 0.2) is 30.7 Å². The Labute approximate surface area is 142 Å². The lowest BCUT2D eigenvalue weighted by Crippen LogP contribution is -1.98. The van der Waals surface area contributed by atoms with Gasteiger partial charge in [-0.1, -0.05) is 6.07 Å². The topological polar surface area (TPSA) is 91.5 Å². The van der Waals surface area contributed by atoms with Gasteiger partial charge < -0.3 is 16.2 Å². The van der Waals surface area contributed by atoms with Crippen LogP contribution in [0.2, 0.25) is 0 Å². The van der Waals surface area contributed by atoms with Crippen molar-refractivity contribution in [2.24, 2.45) is 5.73 Å². The van der Waals surface area contributed by atoms with Crippen molar-refractivity contribution in [3.63, 3.8) is 0 Å². The number of nitrogen functional groups attached to an aromatic ring is 1. The molecule has 4 N–H and O–H groups in total. The minimum absolute atomic E-state index is 0.405. The highest BCUT2D eigenvalue weighted by Crippen LogP contribution is 2.42. The Bertz CT molecular complexity index is 1070. The summed E-state index contributed by atoms with van der Waals surface area (Å²) in [4.78, 5) is 5.21. The number of ether oxygens (including phenoxy) is 1. The van der Waals surface area contributed by atoms with E-state index in [1.807, 2.05) is 12.3 Å². The van der Waals surface area contributed by atoms with Gasteiger partial charge in [0.05, 0.1) is 11.8 Å². The number of thiophene rings is 1. The normalized spacial score (nSPS) is 11.5. The standard InChI is InChI=1S/C17H17N5OS/c1-9-3-10-5-13(24-16(10)12(4-9)23-2)14-11(6-18)7-22-15(14)17(19)20-8-21-22/h3-5,7-8H,6,18H2,1-2H3,(H2,19,20,21). The summed E-state index contributed by atoms with van der Waals surface area (Å²) in [6.07, 6.45) is 3.36. The van der Waals surface area contributed by atoms with Crippen LogP contribution in [-0.2, 0) is 6.54 Å². The maximum absolute atomic E-state index is 6.10. The van der Waals surface area contributed by atoms with Gasteiger partial charge in [0, 0.05) is 23.2 Å². The zero-order valence-corrected chi connectivity index (χ0v) is 14.2. The van der Waals surface area contributed by atoms with Crippen molar-refractivity contribution < 1.29 is 4.74 Å². The van der Waals surface area contributed by atoms with E-state index in [0.717, 1.165) is 42.9 Å². The number of anilines is 1. The number of fused-ring (bicyclic) bond motifs is 2. The van der Waals surface area contributed by atoms with Gasteiger partial charge in [-0.25, -0.2) is 9.50 Å². The Morgan fingerprint density at radius 2 is 2.12 bits per heavy atom. The summed E-state index contributed by atoms with van der Waals surface area (Å²) >= 11 is 1.66. The molecule has 0 bridgehead atoms. The molecule has 4 aromatic rings. The van der Waals surface area contributed by atoms with Crippen LogP contribution in [0.5, 0.6) is 5.75 Å². The van der Waals surface area contributed by atoms with Gasteiger partial charge in [-0.3, -0.25) is 0 Å². The molecule has 0 radical (unpaired) electrons. The van der Waals surface area contributed by atoms with Crippen molar-refractivity contribution in [1.82, 2.24) is 14.6 Å². The van der Waals surface area contributed by atoms with Gasteiger partial charge in [0.25, 0.3) is 0 Å². The van der Waals surface area contributed by atoms with Crippen LogP contribution in [0.1, 0.15) is 11.1 Å². The third-order valence-corrected chi connectivity index (χ3v) is 5.28. The van der Waals surface area contributed by atoms with Crippen LogP contribution in [0.4, 0.5) is 5.82 Å². The zero-order valence-electron chi connectivity index (χ0n) is 13.4. The quantitative estimate of drug-likeness (QED) is 0.599. The second-order valence-electron chi connectivity index (χ2n) is 5.67. The highest BCUT2D eigenvalue weighted by molar-refractivity contribution is 7.22. The second-order valence-corrected chi connectivity index (χ2v) is 6.72. The molecule has 0 fully saturated rings. The number of aromatic nitrogens is 3. The molecule has 1 aromatic carbocycles. The first-order chi connectivity index (χ1) is 11.6. The minimum atomic E-state index is 0.405. The number of nitrogens with zero attached hydrogens (tertiary/aromatic N) is 3. The van der Waals surface area contributed by atoms with Crippen molar-refractivity contribution in [2.75, 3.05) is 12.8 Å². The van der Waals surface area contributed by atoms with Crippen LogP contribution in [0.25, 0.3) is 26.0 Å². The van der Waals surface area contributed by atoms with E-state index in [1.165, 1.54) is 6.33 Å². The zero-order chi connectivity index (χ0) is 16.8. The number of nitrogens with two attached hydrogens (primary N) is 2. The summed E-state index contributed by atoms with van der Waals surface area (Å²) in [5.41, 5.74) is 16.0. The average molecular weight is 339 g/mol. The number of methoxy groups -OCH3 is 1. The molecule has 4 rings (SSSR count). The Kier molecular flexibility index (Phi) is 3.40. The molecular formula is C17H17N5OS. The van der Waals surface area contributed by atoms with Crippen LogP contribution in [0, 0.1) is 6.92 Å². The summed E-state index contributed by atoms with van der Waals surface area (Å²) in [5, 5.41) is 5.39. The van der Waals surface area contributed by atoms with Gasteiger partial charge in [0.15, 0.2) is 5.82 Å². The van der Waals surface area contributed by atoms with E-state index in [2.05, 4.69) is 29.1 Å². The minimum Gasteiger partial charge on any atom is -0.495 e. The molecule has 0 unspecified atom stereocenters. The number of hydrogen-bond acceptors (Lipinski definition) is 6. The molecule has 0 spiro atoms. The summed E-state index contributed by atoms with van der Waals surface area (Å²) in [6, 6.07) is 6.34. The largest absolute Gasteiger partial charge is 0.495 e. The lowest BCUT2D eigenvalue weighted by Gasteiger charge is -2.02. The van der Waals surface area contributed by atoms with Crippen LogP contribution in [-0.4, -0.2) is 21.7 Å². The molecular weight excluding hydrogens is 322 g/mol. The van der Waals surface area contributed by atoms with Gasteiger partial charge in [0.2, 0.25) is 0 Å². The molecule has 0 aliphatic heterocycles. The van der Waals surface area contributed by atoms with Crippen molar-refractivity contribution in [1.29, 1.82) is 0 Å². The van der Waals surface area contributed by atoms with Crippen molar-refractivity contribution in [2.45, 2.75) is 13.5 Å². The molecule has 0 aliphatic carbocycles. The molecule has 122 valence electrons. The third-order valence-electron chi connectivity index (χ3n) is 4.09. The first kappa shape index (κ1) is 14.9. The number of benzene rings is 1. The monoisotopic (exact) mass is 339 g/mol. The molecule has 0 atom stereocenters. The second kappa shape index (κ2) is 5.47. The van der Waals surface area contributed by atoms with E-state index in [-0.39, 0.29) is 0 Å².